The topological polar surface area (TPSA) is 47.3 Å². The molecule has 0 aliphatic carbocycles. The Bertz CT molecular complexity index is 562. The summed E-state index contributed by atoms with van der Waals surface area (Å²) >= 11 is 5.26. The standard InChI is InChI=1S/C16H19BrN2OS/c1-2-20-14-8-6-12(7-9-14)16(19-18)11-21-15-5-3-4-13(17)10-15/h3-10,16,19H,2,11,18H2,1H3. The number of thioether (sulfide) groups is 1. The highest BCUT2D eigenvalue weighted by Gasteiger charge is 2.10. The Labute approximate surface area is 138 Å². The van der Waals surface area contributed by atoms with Gasteiger partial charge in [-0.3, -0.25) is 11.3 Å². The van der Waals surface area contributed by atoms with Gasteiger partial charge in [-0.15, -0.1) is 11.8 Å². The summed E-state index contributed by atoms with van der Waals surface area (Å²) in [5.74, 6) is 7.44. The number of benzene rings is 2. The molecule has 0 fully saturated rings. The summed E-state index contributed by atoms with van der Waals surface area (Å²) in [6.45, 7) is 2.66. The number of ether oxygens (including phenoxy) is 1. The van der Waals surface area contributed by atoms with Crippen LogP contribution in [-0.4, -0.2) is 12.4 Å². The van der Waals surface area contributed by atoms with Gasteiger partial charge in [-0.05, 0) is 42.8 Å². The van der Waals surface area contributed by atoms with Crippen LogP contribution in [0.2, 0.25) is 0 Å². The van der Waals surface area contributed by atoms with E-state index in [4.69, 9.17) is 10.6 Å². The van der Waals surface area contributed by atoms with Crippen LogP contribution in [0.25, 0.3) is 0 Å². The predicted molar refractivity (Wildman–Crippen MR) is 92.5 cm³/mol. The lowest BCUT2D eigenvalue weighted by molar-refractivity contribution is 0.340. The van der Waals surface area contributed by atoms with E-state index < -0.39 is 0 Å². The van der Waals surface area contributed by atoms with Crippen LogP contribution in [0.15, 0.2) is 57.9 Å². The van der Waals surface area contributed by atoms with Gasteiger partial charge in [-0.2, -0.15) is 0 Å². The van der Waals surface area contributed by atoms with Crippen molar-refractivity contribution in [2.45, 2.75) is 17.9 Å². The van der Waals surface area contributed by atoms with Crippen molar-refractivity contribution in [2.24, 2.45) is 5.84 Å². The largest absolute Gasteiger partial charge is 0.494 e. The van der Waals surface area contributed by atoms with Crippen LogP contribution in [0, 0.1) is 0 Å². The molecule has 0 amide bonds. The molecule has 0 radical (unpaired) electrons. The maximum atomic E-state index is 5.69. The first-order valence-electron chi connectivity index (χ1n) is 6.80. The smallest absolute Gasteiger partial charge is 0.119 e. The summed E-state index contributed by atoms with van der Waals surface area (Å²) < 4.78 is 6.54. The van der Waals surface area contributed by atoms with Gasteiger partial charge in [-0.1, -0.05) is 34.1 Å². The first-order valence-corrected chi connectivity index (χ1v) is 8.58. The van der Waals surface area contributed by atoms with E-state index >= 15 is 0 Å². The molecule has 112 valence electrons. The Hall–Kier alpha value is -1.01. The fraction of sp³-hybridized carbons (Fsp3) is 0.250. The summed E-state index contributed by atoms with van der Waals surface area (Å²) in [7, 11) is 0. The van der Waals surface area contributed by atoms with Gasteiger partial charge >= 0.3 is 0 Å². The summed E-state index contributed by atoms with van der Waals surface area (Å²) in [5, 5.41) is 0. The van der Waals surface area contributed by atoms with Crippen molar-refractivity contribution in [2.75, 3.05) is 12.4 Å². The summed E-state index contributed by atoms with van der Waals surface area (Å²) in [4.78, 5) is 1.22. The van der Waals surface area contributed by atoms with Crippen molar-refractivity contribution in [3.05, 3.63) is 58.6 Å². The molecule has 0 bridgehead atoms. The number of halogens is 1. The third-order valence-corrected chi connectivity index (χ3v) is 4.59. The number of hydrogen-bond donors (Lipinski definition) is 2. The third-order valence-electron chi connectivity index (χ3n) is 3.01. The lowest BCUT2D eigenvalue weighted by atomic mass is 10.1. The minimum atomic E-state index is 0.102. The molecule has 0 aromatic heterocycles. The van der Waals surface area contributed by atoms with Crippen molar-refractivity contribution < 1.29 is 4.74 Å². The molecular formula is C16H19BrN2OS. The maximum absolute atomic E-state index is 5.69. The van der Waals surface area contributed by atoms with Gasteiger partial charge in [0.15, 0.2) is 0 Å². The molecule has 1 atom stereocenters. The van der Waals surface area contributed by atoms with E-state index in [0.29, 0.717) is 6.61 Å². The monoisotopic (exact) mass is 366 g/mol. The highest BCUT2D eigenvalue weighted by atomic mass is 79.9. The SMILES string of the molecule is CCOc1ccc(C(CSc2cccc(Br)c2)NN)cc1. The van der Waals surface area contributed by atoms with Gasteiger partial charge in [-0.25, -0.2) is 0 Å². The van der Waals surface area contributed by atoms with Gasteiger partial charge in [0.05, 0.1) is 12.6 Å². The first kappa shape index (κ1) is 16.4. The fourth-order valence-electron chi connectivity index (χ4n) is 1.94. The minimum absolute atomic E-state index is 0.102. The summed E-state index contributed by atoms with van der Waals surface area (Å²) in [6, 6.07) is 16.4. The average Bonchev–Trinajstić information content (AvgIpc) is 2.50. The molecule has 1 unspecified atom stereocenters. The molecular weight excluding hydrogens is 348 g/mol. The first-order chi connectivity index (χ1) is 10.2. The molecule has 2 aromatic rings. The second-order valence-corrected chi connectivity index (χ2v) is 6.50. The van der Waals surface area contributed by atoms with Gasteiger partial charge in [0.1, 0.15) is 5.75 Å². The highest BCUT2D eigenvalue weighted by Crippen LogP contribution is 2.27. The van der Waals surface area contributed by atoms with Crippen molar-refractivity contribution in [1.82, 2.24) is 5.43 Å². The zero-order chi connectivity index (χ0) is 15.1. The zero-order valence-electron chi connectivity index (χ0n) is 11.9. The number of hydrazine groups is 1. The molecule has 0 saturated carbocycles. The second-order valence-electron chi connectivity index (χ2n) is 4.49. The number of rotatable bonds is 7. The second kappa shape index (κ2) is 8.44. The Morgan fingerprint density at radius 3 is 2.62 bits per heavy atom. The fourth-order valence-corrected chi connectivity index (χ4v) is 3.52. The molecule has 5 heteroatoms. The van der Waals surface area contributed by atoms with Gasteiger partial charge in [0.25, 0.3) is 0 Å². The van der Waals surface area contributed by atoms with Crippen molar-refractivity contribution in [1.29, 1.82) is 0 Å². The molecule has 0 saturated heterocycles. The molecule has 0 aliphatic heterocycles. The van der Waals surface area contributed by atoms with E-state index in [2.05, 4.69) is 45.6 Å². The van der Waals surface area contributed by atoms with Crippen LogP contribution in [-0.2, 0) is 0 Å². The van der Waals surface area contributed by atoms with E-state index in [1.54, 1.807) is 11.8 Å². The molecule has 0 aliphatic rings. The van der Waals surface area contributed by atoms with E-state index in [1.165, 1.54) is 4.90 Å². The number of hydrogen-bond acceptors (Lipinski definition) is 4. The minimum Gasteiger partial charge on any atom is -0.494 e. The van der Waals surface area contributed by atoms with Crippen LogP contribution >= 0.6 is 27.7 Å². The van der Waals surface area contributed by atoms with Gasteiger partial charge < -0.3 is 4.74 Å². The predicted octanol–water partition coefficient (Wildman–Crippen LogP) is 4.14. The van der Waals surface area contributed by atoms with Crippen LogP contribution in [0.3, 0.4) is 0 Å². The molecule has 0 heterocycles. The molecule has 3 N–H and O–H groups in total. The van der Waals surface area contributed by atoms with Crippen LogP contribution in [0.5, 0.6) is 5.75 Å². The Morgan fingerprint density at radius 1 is 1.24 bits per heavy atom. The quantitative estimate of drug-likeness (QED) is 0.439. The average molecular weight is 367 g/mol. The van der Waals surface area contributed by atoms with Crippen LogP contribution in [0.1, 0.15) is 18.5 Å². The van der Waals surface area contributed by atoms with Crippen molar-refractivity contribution in [3.8, 4) is 5.75 Å². The Kier molecular flexibility index (Phi) is 6.57. The normalized spacial score (nSPS) is 12.1. The summed E-state index contributed by atoms with van der Waals surface area (Å²) in [5.41, 5.74) is 4.04. The van der Waals surface area contributed by atoms with Gasteiger partial charge in [0.2, 0.25) is 0 Å². The van der Waals surface area contributed by atoms with Gasteiger partial charge in [0, 0.05) is 15.1 Å². The number of nitrogens with two attached hydrogens (primary N) is 1. The van der Waals surface area contributed by atoms with Crippen LogP contribution < -0.4 is 16.0 Å². The van der Waals surface area contributed by atoms with E-state index in [1.807, 2.05) is 31.2 Å². The molecule has 2 rings (SSSR count). The third kappa shape index (κ3) is 5.04. The van der Waals surface area contributed by atoms with Crippen molar-refractivity contribution >= 4 is 27.7 Å². The zero-order valence-corrected chi connectivity index (χ0v) is 14.3. The molecule has 3 nitrogen and oxygen atoms in total. The van der Waals surface area contributed by atoms with Crippen molar-refractivity contribution in [3.63, 3.8) is 0 Å². The van der Waals surface area contributed by atoms with Crippen LogP contribution in [0.4, 0.5) is 0 Å². The lowest BCUT2D eigenvalue weighted by Gasteiger charge is -2.16. The van der Waals surface area contributed by atoms with E-state index in [0.717, 1.165) is 21.5 Å². The highest BCUT2D eigenvalue weighted by molar-refractivity contribution is 9.10. The van der Waals surface area contributed by atoms with E-state index in [9.17, 15) is 0 Å². The molecule has 21 heavy (non-hydrogen) atoms. The lowest BCUT2D eigenvalue weighted by Crippen LogP contribution is -2.29. The maximum Gasteiger partial charge on any atom is 0.119 e. The Morgan fingerprint density at radius 2 is 2.00 bits per heavy atom. The van der Waals surface area contributed by atoms with E-state index in [-0.39, 0.29) is 6.04 Å². The summed E-state index contributed by atoms with van der Waals surface area (Å²) in [6.07, 6.45) is 0. The molecule has 2 aromatic carbocycles. The Balaban J connectivity index is 1.99. The number of nitrogens with one attached hydrogen (secondary N) is 1. The molecule has 0 spiro atoms.